The summed E-state index contributed by atoms with van der Waals surface area (Å²) in [6, 6.07) is 0. The first-order chi connectivity index (χ1) is 35.3. The fourth-order valence-electron chi connectivity index (χ4n) is 17.6. The fraction of sp³-hybridized carbons (Fsp3) is 0.750. The molecular formula is C60H81ClO14. The summed E-state index contributed by atoms with van der Waals surface area (Å²) in [7, 11) is 0. The van der Waals surface area contributed by atoms with E-state index in [2.05, 4.69) is 13.8 Å². The second-order valence-corrected chi connectivity index (χ2v) is 25.9. The highest BCUT2D eigenvalue weighted by molar-refractivity contribution is 6.26. The van der Waals surface area contributed by atoms with Gasteiger partial charge in [0.25, 0.3) is 0 Å². The monoisotopic (exact) mass is 1060 g/mol. The van der Waals surface area contributed by atoms with Gasteiger partial charge in [0.05, 0.1) is 29.1 Å². The van der Waals surface area contributed by atoms with E-state index < -0.39 is 87.2 Å². The molecule has 14 nitrogen and oxygen atoms in total. The van der Waals surface area contributed by atoms with Crippen molar-refractivity contribution in [3.05, 3.63) is 47.6 Å². The summed E-state index contributed by atoms with van der Waals surface area (Å²) in [6.07, 6.45) is 18.3. The molecule has 1 aliphatic heterocycles. The van der Waals surface area contributed by atoms with Crippen molar-refractivity contribution in [2.75, 3.05) is 13.2 Å². The lowest BCUT2D eigenvalue weighted by Gasteiger charge is -2.64. The number of hydrogen-bond acceptors (Lipinski definition) is 14. The molecule has 15 heteroatoms. The lowest BCUT2D eigenvalue weighted by atomic mass is 9.45. The molecule has 0 aromatic carbocycles. The van der Waals surface area contributed by atoms with Gasteiger partial charge in [-0.05, 0) is 112 Å². The van der Waals surface area contributed by atoms with Gasteiger partial charge in [0, 0.05) is 52.3 Å². The van der Waals surface area contributed by atoms with Gasteiger partial charge in [-0.1, -0.05) is 105 Å². The van der Waals surface area contributed by atoms with Crippen LogP contribution in [0.2, 0.25) is 0 Å². The molecule has 9 aliphatic carbocycles. The lowest BCUT2D eigenvalue weighted by Crippen LogP contribution is -2.69. The zero-order valence-corrected chi connectivity index (χ0v) is 46.3. The Morgan fingerprint density at radius 1 is 0.760 bits per heavy atom. The maximum Gasteiger partial charge on any atom is 0.308 e. The number of rotatable bonds is 11. The van der Waals surface area contributed by atoms with Crippen LogP contribution in [0, 0.1) is 69.0 Å². The molecule has 0 unspecified atom stereocenters. The van der Waals surface area contributed by atoms with E-state index >= 15 is 0 Å². The van der Waals surface area contributed by atoms with Crippen molar-refractivity contribution in [2.24, 2.45) is 69.0 Å². The largest absolute Gasteiger partial charge is 0.457 e. The Hall–Kier alpha value is -3.82. The highest BCUT2D eigenvalue weighted by atomic mass is 35.5. The van der Waals surface area contributed by atoms with Gasteiger partial charge >= 0.3 is 17.9 Å². The maximum atomic E-state index is 14.2. The van der Waals surface area contributed by atoms with Crippen LogP contribution in [-0.2, 0) is 57.2 Å². The zero-order valence-electron chi connectivity index (χ0n) is 45.6. The molecule has 7 saturated carbocycles. The minimum atomic E-state index is -1.55. The Kier molecular flexibility index (Phi) is 15.0. The van der Waals surface area contributed by atoms with Crippen molar-refractivity contribution in [3.63, 3.8) is 0 Å². The molecular weight excluding hydrogens is 980 g/mol. The standard InChI is InChI=1S/C32H44O7.C28H37ClO7/c1-18(2)28(36)37-17-25(35)32-26(38-29(39-32)19-8-6-5-7-9-19)15-23-22-11-10-20-14-21(33)12-13-30(20,3)27(22)24(34)16-31(23,32)4;1-6-23(33)35-15-22(32)28(36-24(34)7-2)16(3)12-20-19-9-8-17-13-18(30)10-11-25(17,4)27(19,29)21(31)14-26(20,28)5/h12-14,18-19,22-24,26-27,29,34H,5-11,15-17H2,1-4H3;10-11,13,16,19-21,31H,6-9,12,14-15H2,1-5H3/t22-,23-,24-,26+,27+,29+,30-,31-,32+;16-,19-,20-,21-,25-,26-,27-,28-/m00/s1. The van der Waals surface area contributed by atoms with Gasteiger partial charge in [-0.25, -0.2) is 0 Å². The molecule has 75 heavy (non-hydrogen) atoms. The first-order valence-electron chi connectivity index (χ1n) is 28.2. The normalized spacial score (nSPS) is 44.2. The van der Waals surface area contributed by atoms with E-state index in [-0.39, 0.29) is 96.0 Å². The second kappa shape index (κ2) is 20.1. The van der Waals surface area contributed by atoms with Crippen LogP contribution >= 0.6 is 11.6 Å². The number of esters is 3. The third-order valence-corrected chi connectivity index (χ3v) is 22.3. The van der Waals surface area contributed by atoms with E-state index in [4.69, 9.17) is 35.3 Å². The average molecular weight is 1060 g/mol. The topological polar surface area (TPSA) is 206 Å². The zero-order chi connectivity index (χ0) is 54.4. The molecule has 1 saturated heterocycles. The van der Waals surface area contributed by atoms with Gasteiger partial charge in [-0.15, -0.1) is 11.6 Å². The van der Waals surface area contributed by atoms with E-state index in [0.717, 1.165) is 49.7 Å². The third-order valence-electron chi connectivity index (χ3n) is 21.3. The fourth-order valence-corrected chi connectivity index (χ4v) is 18.2. The minimum Gasteiger partial charge on any atom is -0.457 e. The van der Waals surface area contributed by atoms with E-state index in [1.807, 2.05) is 32.9 Å². The first kappa shape index (κ1) is 55.9. The van der Waals surface area contributed by atoms with E-state index in [9.17, 15) is 43.8 Å². The number of Topliss-reactive ketones (excluding diaryl/α,β-unsaturated/α-hetero) is 2. The molecule has 0 aromatic heterocycles. The van der Waals surface area contributed by atoms with Crippen LogP contribution in [0.3, 0.4) is 0 Å². The third kappa shape index (κ3) is 8.39. The molecule has 2 N–H and O–H groups in total. The van der Waals surface area contributed by atoms with Crippen molar-refractivity contribution in [3.8, 4) is 0 Å². The van der Waals surface area contributed by atoms with Gasteiger partial charge in [0.2, 0.25) is 11.6 Å². The smallest absolute Gasteiger partial charge is 0.308 e. The minimum absolute atomic E-state index is 0.0162. The van der Waals surface area contributed by atoms with Crippen LogP contribution in [0.4, 0.5) is 0 Å². The van der Waals surface area contributed by atoms with Gasteiger partial charge in [0.15, 0.2) is 42.3 Å². The Morgan fingerprint density at radius 3 is 2.07 bits per heavy atom. The number of ketones is 4. The van der Waals surface area contributed by atoms with E-state index in [1.54, 1.807) is 45.9 Å². The average Bonchev–Trinajstić information content (AvgIpc) is 3.96. The van der Waals surface area contributed by atoms with Gasteiger partial charge < -0.3 is 33.9 Å². The lowest BCUT2D eigenvalue weighted by molar-refractivity contribution is -0.210. The summed E-state index contributed by atoms with van der Waals surface area (Å²) >= 11 is 7.48. The molecule has 8 fully saturated rings. The number of hydrogen-bond donors (Lipinski definition) is 2. The molecule has 0 spiro atoms. The quantitative estimate of drug-likeness (QED) is 0.113. The van der Waals surface area contributed by atoms with Crippen molar-refractivity contribution in [1.82, 2.24) is 0 Å². The van der Waals surface area contributed by atoms with Gasteiger partial charge in [-0.3, -0.25) is 33.6 Å². The summed E-state index contributed by atoms with van der Waals surface area (Å²) in [4.78, 5) is 88.2. The predicted octanol–water partition coefficient (Wildman–Crippen LogP) is 8.79. The Bertz CT molecular complexity index is 2490. The number of halogens is 1. The van der Waals surface area contributed by atoms with Crippen LogP contribution in [-0.4, -0.2) is 105 Å². The SMILES string of the molecule is CC(C)C(=O)OCC(=O)[C@@]12O[C@H](C3CCCCC3)O[C@@H]1C[C@H]1[C@@H]3CCC4=CC(=O)C=C[C@]4(C)[C@H]3[C@@H](O)C[C@@]12C.CCC(=O)OCC(=O)[C@@]1(OC(=O)CC)[C@@H](C)C[C@H]2[C@@H]3CCC4=CC(=O)C=C[C@]4(C)[C@@]3(Cl)[C@@H](O)C[C@@]21C. The molecule has 0 amide bonds. The molecule has 0 radical (unpaired) electrons. The maximum absolute atomic E-state index is 14.2. The highest BCUT2D eigenvalue weighted by Gasteiger charge is 2.78. The Balaban J connectivity index is 0.000000184. The van der Waals surface area contributed by atoms with Crippen molar-refractivity contribution < 1.29 is 67.5 Å². The summed E-state index contributed by atoms with van der Waals surface area (Å²) in [5.41, 5.74) is -3.45. The Morgan fingerprint density at radius 2 is 1.40 bits per heavy atom. The number of allylic oxidation sites excluding steroid dienone is 8. The summed E-state index contributed by atoms with van der Waals surface area (Å²) in [5.74, 6) is -2.71. The molecule has 0 bridgehead atoms. The van der Waals surface area contributed by atoms with Crippen molar-refractivity contribution in [2.45, 2.75) is 199 Å². The number of aliphatic hydroxyl groups excluding tert-OH is 2. The van der Waals surface area contributed by atoms with Crippen molar-refractivity contribution >= 4 is 52.6 Å². The van der Waals surface area contributed by atoms with E-state index in [0.29, 0.717) is 32.1 Å². The second-order valence-electron chi connectivity index (χ2n) is 25.3. The number of carbonyl (C=O) groups is 7. The van der Waals surface area contributed by atoms with Crippen LogP contribution < -0.4 is 0 Å². The number of carbonyl (C=O) groups excluding carboxylic acids is 7. The van der Waals surface area contributed by atoms with Crippen LogP contribution in [0.1, 0.15) is 159 Å². The molecule has 10 aliphatic rings. The predicted molar refractivity (Wildman–Crippen MR) is 276 cm³/mol. The molecule has 1 heterocycles. The molecule has 17 atom stereocenters. The van der Waals surface area contributed by atoms with Crippen LogP contribution in [0.15, 0.2) is 47.6 Å². The van der Waals surface area contributed by atoms with E-state index in [1.165, 1.54) is 12.5 Å². The first-order valence-corrected chi connectivity index (χ1v) is 28.6. The van der Waals surface area contributed by atoms with Crippen LogP contribution in [0.5, 0.6) is 0 Å². The number of alkyl halides is 1. The summed E-state index contributed by atoms with van der Waals surface area (Å²) < 4.78 is 30.3. The summed E-state index contributed by atoms with van der Waals surface area (Å²) in [5, 5.41) is 23.6. The van der Waals surface area contributed by atoms with Crippen LogP contribution in [0.25, 0.3) is 0 Å². The number of fused-ring (bicyclic) bond motifs is 12. The van der Waals surface area contributed by atoms with Gasteiger partial charge in [0.1, 0.15) is 0 Å². The molecule has 412 valence electrons. The van der Waals surface area contributed by atoms with Crippen molar-refractivity contribution in [1.29, 1.82) is 0 Å². The Labute approximate surface area is 447 Å². The number of aliphatic hydroxyl groups is 2. The van der Waals surface area contributed by atoms with Gasteiger partial charge in [-0.2, -0.15) is 0 Å². The number of ether oxygens (including phenoxy) is 5. The highest BCUT2D eigenvalue weighted by Crippen LogP contribution is 2.73. The summed E-state index contributed by atoms with van der Waals surface area (Å²) in [6.45, 7) is 16.0. The molecule has 10 rings (SSSR count). The molecule has 0 aromatic rings.